The Morgan fingerprint density at radius 2 is 1.53 bits per heavy atom. The van der Waals surface area contributed by atoms with Crippen molar-refractivity contribution in [2.24, 2.45) is 0 Å². The molecule has 3 aliphatic rings. The van der Waals surface area contributed by atoms with Crippen molar-refractivity contribution in [3.63, 3.8) is 0 Å². The Morgan fingerprint density at radius 3 is 2.11 bits per heavy atom. The average Bonchev–Trinajstić information content (AvgIpc) is 2.89. The maximum atomic E-state index is 13.3. The van der Waals surface area contributed by atoms with Crippen LogP contribution in [-0.2, 0) is 16.2 Å². The molecule has 2 aromatic rings. The molecule has 36 heavy (non-hydrogen) atoms. The topological polar surface area (TPSA) is 55.8 Å². The fourth-order valence-electron chi connectivity index (χ4n) is 5.77. The molecule has 0 bridgehead atoms. The summed E-state index contributed by atoms with van der Waals surface area (Å²) in [5.74, 6) is 0.723. The van der Waals surface area contributed by atoms with Crippen LogP contribution in [0.15, 0.2) is 65.0 Å². The van der Waals surface area contributed by atoms with Crippen LogP contribution in [0.3, 0.4) is 0 Å². The molecule has 2 aromatic carbocycles. The largest absolute Gasteiger partial charge is 0.493 e. The SMILES string of the molecule is CCCN1C2=C(C(=O)CCC2)C(c2ccc(OCc3ccc(F)cc3)c(OC)c2)C2=C1CCCC2=O. The van der Waals surface area contributed by atoms with Crippen molar-refractivity contribution in [2.45, 2.75) is 64.4 Å². The molecule has 1 aliphatic heterocycles. The van der Waals surface area contributed by atoms with Gasteiger partial charge in [0.2, 0.25) is 0 Å². The zero-order valence-electron chi connectivity index (χ0n) is 20.9. The molecule has 1 heterocycles. The molecule has 188 valence electrons. The number of Topliss-reactive ketones (excluding diaryl/α,β-unsaturated/α-hetero) is 2. The Morgan fingerprint density at radius 1 is 0.889 bits per heavy atom. The van der Waals surface area contributed by atoms with E-state index in [1.54, 1.807) is 19.2 Å². The summed E-state index contributed by atoms with van der Waals surface area (Å²) in [5, 5.41) is 0. The molecule has 0 atom stereocenters. The molecule has 0 saturated heterocycles. The lowest BCUT2D eigenvalue weighted by Crippen LogP contribution is -2.39. The Kier molecular flexibility index (Phi) is 6.95. The Hall–Kier alpha value is -3.41. The van der Waals surface area contributed by atoms with E-state index >= 15 is 0 Å². The van der Waals surface area contributed by atoms with E-state index < -0.39 is 0 Å². The van der Waals surface area contributed by atoms with Crippen LogP contribution in [0.25, 0.3) is 0 Å². The van der Waals surface area contributed by atoms with E-state index in [0.717, 1.165) is 72.3 Å². The number of carbonyl (C=O) groups is 2. The van der Waals surface area contributed by atoms with Crippen LogP contribution in [0.5, 0.6) is 11.5 Å². The maximum absolute atomic E-state index is 13.3. The average molecular weight is 490 g/mol. The van der Waals surface area contributed by atoms with Gasteiger partial charge in [0.25, 0.3) is 0 Å². The second-order valence-electron chi connectivity index (χ2n) is 9.68. The Labute approximate surface area is 211 Å². The fraction of sp³-hybridized carbons (Fsp3) is 0.400. The van der Waals surface area contributed by atoms with Gasteiger partial charge in [0.1, 0.15) is 12.4 Å². The summed E-state index contributed by atoms with van der Waals surface area (Å²) in [6, 6.07) is 11.9. The van der Waals surface area contributed by atoms with E-state index in [4.69, 9.17) is 9.47 Å². The van der Waals surface area contributed by atoms with Crippen molar-refractivity contribution in [3.05, 3.63) is 81.9 Å². The van der Waals surface area contributed by atoms with Crippen LogP contribution in [0.1, 0.15) is 68.9 Å². The predicted molar refractivity (Wildman–Crippen MR) is 135 cm³/mol. The number of ether oxygens (including phenoxy) is 2. The Balaban J connectivity index is 1.55. The molecule has 0 N–H and O–H groups in total. The number of allylic oxidation sites excluding steroid dienone is 4. The lowest BCUT2D eigenvalue weighted by Gasteiger charge is -2.44. The number of rotatable bonds is 7. The smallest absolute Gasteiger partial charge is 0.161 e. The van der Waals surface area contributed by atoms with Gasteiger partial charge in [-0.1, -0.05) is 25.1 Å². The van der Waals surface area contributed by atoms with Crippen molar-refractivity contribution in [1.82, 2.24) is 4.90 Å². The third kappa shape index (κ3) is 4.45. The van der Waals surface area contributed by atoms with E-state index in [9.17, 15) is 14.0 Å². The molecular formula is C30H32FNO4. The summed E-state index contributed by atoms with van der Waals surface area (Å²) < 4.78 is 24.9. The van der Waals surface area contributed by atoms with Crippen molar-refractivity contribution < 1.29 is 23.5 Å². The third-order valence-electron chi connectivity index (χ3n) is 7.36. The monoisotopic (exact) mass is 489 g/mol. The van der Waals surface area contributed by atoms with Crippen LogP contribution < -0.4 is 9.47 Å². The minimum Gasteiger partial charge on any atom is -0.493 e. The summed E-state index contributed by atoms with van der Waals surface area (Å²) in [5.41, 5.74) is 5.49. The molecule has 0 fully saturated rings. The molecule has 5 nitrogen and oxygen atoms in total. The van der Waals surface area contributed by atoms with Gasteiger partial charge < -0.3 is 14.4 Å². The number of methoxy groups -OCH3 is 1. The molecule has 0 aromatic heterocycles. The van der Waals surface area contributed by atoms with Crippen molar-refractivity contribution in [3.8, 4) is 11.5 Å². The highest BCUT2D eigenvalue weighted by Gasteiger charge is 2.43. The van der Waals surface area contributed by atoms with Crippen LogP contribution in [0.4, 0.5) is 4.39 Å². The van der Waals surface area contributed by atoms with Gasteiger partial charge in [0, 0.05) is 47.8 Å². The fourth-order valence-corrected chi connectivity index (χ4v) is 5.77. The van der Waals surface area contributed by atoms with Crippen molar-refractivity contribution >= 4 is 11.6 Å². The van der Waals surface area contributed by atoms with E-state index in [1.807, 2.05) is 18.2 Å². The third-order valence-corrected chi connectivity index (χ3v) is 7.36. The molecular weight excluding hydrogens is 457 g/mol. The molecule has 0 amide bonds. The quantitative estimate of drug-likeness (QED) is 0.461. The Bertz CT molecular complexity index is 1200. The van der Waals surface area contributed by atoms with Crippen molar-refractivity contribution in [1.29, 1.82) is 0 Å². The van der Waals surface area contributed by atoms with Gasteiger partial charge in [-0.15, -0.1) is 0 Å². The van der Waals surface area contributed by atoms with E-state index in [0.29, 0.717) is 24.3 Å². The minimum atomic E-state index is -0.372. The summed E-state index contributed by atoms with van der Waals surface area (Å²) in [7, 11) is 1.58. The zero-order valence-corrected chi connectivity index (χ0v) is 20.9. The van der Waals surface area contributed by atoms with Crippen molar-refractivity contribution in [2.75, 3.05) is 13.7 Å². The summed E-state index contributed by atoms with van der Waals surface area (Å²) >= 11 is 0. The highest BCUT2D eigenvalue weighted by molar-refractivity contribution is 6.06. The minimum absolute atomic E-state index is 0.142. The molecule has 5 rings (SSSR count). The molecule has 6 heteroatoms. The second kappa shape index (κ2) is 10.3. The number of ketones is 2. The number of halogens is 1. The van der Waals surface area contributed by atoms with Gasteiger partial charge in [0.05, 0.1) is 7.11 Å². The zero-order chi connectivity index (χ0) is 25.2. The first-order chi connectivity index (χ1) is 17.5. The molecule has 0 saturated carbocycles. The predicted octanol–water partition coefficient (Wildman–Crippen LogP) is 6.24. The molecule has 2 aliphatic carbocycles. The number of hydrogen-bond donors (Lipinski definition) is 0. The summed E-state index contributed by atoms with van der Waals surface area (Å²) in [4.78, 5) is 29.0. The molecule has 0 spiro atoms. The standard InChI is InChI=1S/C30H32FNO4/c1-3-16-32-22-6-4-8-24(33)29(22)28(30-23(32)7-5-9-25(30)34)20-12-15-26(27(17-20)35-2)36-18-19-10-13-21(31)14-11-19/h10-15,17,28H,3-9,16,18H2,1-2H3. The van der Waals surface area contributed by atoms with Gasteiger partial charge in [0.15, 0.2) is 23.1 Å². The first kappa shape index (κ1) is 24.3. The molecule has 0 unspecified atom stereocenters. The van der Waals surface area contributed by atoms with E-state index in [2.05, 4.69) is 11.8 Å². The number of nitrogens with zero attached hydrogens (tertiary/aromatic N) is 1. The van der Waals surface area contributed by atoms with E-state index in [-0.39, 0.29) is 29.9 Å². The van der Waals surface area contributed by atoms with E-state index in [1.165, 1.54) is 12.1 Å². The van der Waals surface area contributed by atoms with Gasteiger partial charge >= 0.3 is 0 Å². The van der Waals surface area contributed by atoms with Crippen LogP contribution >= 0.6 is 0 Å². The molecule has 0 radical (unpaired) electrons. The highest BCUT2D eigenvalue weighted by Crippen LogP contribution is 2.50. The van der Waals surface area contributed by atoms with Gasteiger partial charge in [-0.25, -0.2) is 4.39 Å². The first-order valence-electron chi connectivity index (χ1n) is 12.9. The first-order valence-corrected chi connectivity index (χ1v) is 12.9. The lowest BCUT2D eigenvalue weighted by molar-refractivity contribution is -0.117. The second-order valence-corrected chi connectivity index (χ2v) is 9.68. The number of benzene rings is 2. The van der Waals surface area contributed by atoms with Gasteiger partial charge in [-0.2, -0.15) is 0 Å². The highest BCUT2D eigenvalue weighted by atomic mass is 19.1. The summed E-state index contributed by atoms with van der Waals surface area (Å²) in [6.45, 7) is 3.23. The normalized spacial score (nSPS) is 18.4. The number of carbonyl (C=O) groups excluding carboxylic acids is 2. The number of hydrogen-bond acceptors (Lipinski definition) is 5. The van der Waals surface area contributed by atoms with Gasteiger partial charge in [-0.05, 0) is 67.5 Å². The summed E-state index contributed by atoms with van der Waals surface area (Å²) in [6.07, 6.45) is 5.40. The van der Waals surface area contributed by atoms with Crippen LogP contribution in [0.2, 0.25) is 0 Å². The maximum Gasteiger partial charge on any atom is 0.161 e. The lowest BCUT2D eigenvalue weighted by atomic mass is 9.71. The van der Waals surface area contributed by atoms with Gasteiger partial charge in [-0.3, -0.25) is 9.59 Å². The van der Waals surface area contributed by atoms with Crippen LogP contribution in [0, 0.1) is 5.82 Å². The van der Waals surface area contributed by atoms with Crippen LogP contribution in [-0.4, -0.2) is 30.1 Å².